The predicted octanol–water partition coefficient (Wildman–Crippen LogP) is 0.912. The zero-order valence-electron chi connectivity index (χ0n) is 11.5. The number of hydrogen-bond acceptors (Lipinski definition) is 5. The largest absolute Gasteiger partial charge is 0.339 e. The van der Waals surface area contributed by atoms with E-state index >= 15 is 0 Å². The maximum atomic E-state index is 5.91. The lowest BCUT2D eigenvalue weighted by Gasteiger charge is -2.28. The number of nitrogens with zero attached hydrogens (tertiary/aromatic N) is 4. The van der Waals surface area contributed by atoms with Crippen molar-refractivity contribution < 1.29 is 0 Å². The summed E-state index contributed by atoms with van der Waals surface area (Å²) in [6.45, 7) is 1.89. The molecule has 0 radical (unpaired) electrons. The van der Waals surface area contributed by atoms with E-state index in [0.717, 1.165) is 50.5 Å². The Bertz CT molecular complexity index is 530. The van der Waals surface area contributed by atoms with Crippen LogP contribution in [-0.2, 0) is 12.8 Å². The van der Waals surface area contributed by atoms with Crippen LogP contribution in [0.1, 0.15) is 24.2 Å². The summed E-state index contributed by atoms with van der Waals surface area (Å²) in [4.78, 5) is 10.9. The summed E-state index contributed by atoms with van der Waals surface area (Å²) >= 11 is 0. The number of nitrogens with two attached hydrogens (primary N) is 1. The molecule has 3 rings (SSSR count). The van der Waals surface area contributed by atoms with Crippen molar-refractivity contribution in [1.82, 2.24) is 20.2 Å². The smallest absolute Gasteiger partial charge is 0.244 e. The molecule has 6 nitrogen and oxygen atoms in total. The molecule has 3 heterocycles. The molecule has 0 amide bonds. The van der Waals surface area contributed by atoms with Crippen molar-refractivity contribution in [1.29, 1.82) is 0 Å². The van der Waals surface area contributed by atoms with E-state index in [1.165, 1.54) is 5.56 Å². The topological polar surface area (TPSA) is 83.7 Å². The summed E-state index contributed by atoms with van der Waals surface area (Å²) in [7, 11) is 0. The highest BCUT2D eigenvalue weighted by Gasteiger charge is 2.19. The molecule has 20 heavy (non-hydrogen) atoms. The van der Waals surface area contributed by atoms with Gasteiger partial charge in [-0.3, -0.25) is 10.1 Å². The zero-order valence-corrected chi connectivity index (χ0v) is 11.5. The molecule has 1 fully saturated rings. The van der Waals surface area contributed by atoms with Gasteiger partial charge in [0.2, 0.25) is 5.95 Å². The standard InChI is InChI=1S/C14H20N6/c15-12-5-8-20(9-6-12)14-17-13(18-19-14)4-3-11-2-1-7-16-10-11/h1-2,7,10,12H,3-6,8-9,15H2,(H,17,18,19). The van der Waals surface area contributed by atoms with E-state index in [4.69, 9.17) is 5.73 Å². The van der Waals surface area contributed by atoms with Crippen molar-refractivity contribution in [3.05, 3.63) is 35.9 Å². The Morgan fingerprint density at radius 1 is 1.30 bits per heavy atom. The van der Waals surface area contributed by atoms with E-state index in [-0.39, 0.29) is 0 Å². The van der Waals surface area contributed by atoms with Crippen LogP contribution in [0.15, 0.2) is 24.5 Å². The number of hydrogen-bond donors (Lipinski definition) is 2. The van der Waals surface area contributed by atoms with Crippen LogP contribution in [0.5, 0.6) is 0 Å². The molecule has 0 saturated carbocycles. The van der Waals surface area contributed by atoms with Crippen LogP contribution in [0.4, 0.5) is 5.95 Å². The summed E-state index contributed by atoms with van der Waals surface area (Å²) in [5.74, 6) is 1.73. The number of aromatic amines is 1. The molecule has 1 aliphatic heterocycles. The molecule has 2 aromatic heterocycles. The van der Waals surface area contributed by atoms with Crippen LogP contribution in [0.3, 0.4) is 0 Å². The van der Waals surface area contributed by atoms with Gasteiger partial charge in [0.15, 0.2) is 0 Å². The van der Waals surface area contributed by atoms with Crippen LogP contribution in [0, 0.1) is 0 Å². The summed E-state index contributed by atoms with van der Waals surface area (Å²) in [6, 6.07) is 4.37. The van der Waals surface area contributed by atoms with Crippen LogP contribution in [0.25, 0.3) is 0 Å². The average Bonchev–Trinajstić information content (AvgIpc) is 2.96. The first-order valence-corrected chi connectivity index (χ1v) is 7.12. The zero-order chi connectivity index (χ0) is 13.8. The molecular weight excluding hydrogens is 252 g/mol. The van der Waals surface area contributed by atoms with Crippen molar-refractivity contribution in [2.24, 2.45) is 5.73 Å². The van der Waals surface area contributed by atoms with E-state index in [0.29, 0.717) is 6.04 Å². The monoisotopic (exact) mass is 272 g/mol. The fourth-order valence-corrected chi connectivity index (χ4v) is 2.45. The maximum Gasteiger partial charge on any atom is 0.244 e. The normalized spacial score (nSPS) is 16.6. The molecule has 6 heteroatoms. The Morgan fingerprint density at radius 3 is 2.90 bits per heavy atom. The minimum absolute atomic E-state index is 0.329. The van der Waals surface area contributed by atoms with Gasteiger partial charge in [-0.15, -0.1) is 5.10 Å². The van der Waals surface area contributed by atoms with Gasteiger partial charge >= 0.3 is 0 Å². The highest BCUT2D eigenvalue weighted by Crippen LogP contribution is 2.15. The van der Waals surface area contributed by atoms with Crippen LogP contribution in [0.2, 0.25) is 0 Å². The summed E-state index contributed by atoms with van der Waals surface area (Å²) in [5, 5.41) is 7.34. The maximum absolute atomic E-state index is 5.91. The SMILES string of the molecule is NC1CCN(c2n[nH]c(CCc3cccnc3)n2)CC1. The third-order valence-electron chi connectivity index (χ3n) is 3.72. The van der Waals surface area contributed by atoms with E-state index in [9.17, 15) is 0 Å². The van der Waals surface area contributed by atoms with Gasteiger partial charge in [-0.25, -0.2) is 0 Å². The number of aryl methyl sites for hydroxylation is 2. The Labute approximate surface area is 118 Å². The van der Waals surface area contributed by atoms with Crippen molar-refractivity contribution >= 4 is 5.95 Å². The van der Waals surface area contributed by atoms with E-state index in [1.807, 2.05) is 12.3 Å². The van der Waals surface area contributed by atoms with E-state index in [2.05, 4.69) is 31.1 Å². The van der Waals surface area contributed by atoms with Crippen molar-refractivity contribution in [2.75, 3.05) is 18.0 Å². The lowest BCUT2D eigenvalue weighted by Crippen LogP contribution is -2.40. The number of piperidine rings is 1. The van der Waals surface area contributed by atoms with Gasteiger partial charge in [-0.1, -0.05) is 6.07 Å². The number of aromatic nitrogens is 4. The Morgan fingerprint density at radius 2 is 2.15 bits per heavy atom. The van der Waals surface area contributed by atoms with Gasteiger partial charge in [-0.05, 0) is 30.9 Å². The quantitative estimate of drug-likeness (QED) is 0.864. The van der Waals surface area contributed by atoms with Gasteiger partial charge in [0, 0.05) is 37.9 Å². The fourth-order valence-electron chi connectivity index (χ4n) is 2.45. The van der Waals surface area contributed by atoms with Crippen LogP contribution >= 0.6 is 0 Å². The summed E-state index contributed by atoms with van der Waals surface area (Å²) < 4.78 is 0. The second-order valence-electron chi connectivity index (χ2n) is 5.27. The molecule has 1 saturated heterocycles. The lowest BCUT2D eigenvalue weighted by molar-refractivity contribution is 0.496. The molecule has 0 atom stereocenters. The summed E-state index contributed by atoms with van der Waals surface area (Å²) in [5.41, 5.74) is 7.13. The molecule has 0 unspecified atom stereocenters. The number of anilines is 1. The Kier molecular flexibility index (Phi) is 3.92. The van der Waals surface area contributed by atoms with Gasteiger partial charge in [-0.2, -0.15) is 4.98 Å². The van der Waals surface area contributed by atoms with Crippen molar-refractivity contribution in [3.63, 3.8) is 0 Å². The van der Waals surface area contributed by atoms with Crippen molar-refractivity contribution in [2.45, 2.75) is 31.7 Å². The molecule has 1 aliphatic rings. The number of rotatable bonds is 4. The van der Waals surface area contributed by atoms with Gasteiger partial charge in [0.1, 0.15) is 5.82 Å². The summed E-state index contributed by atoms with van der Waals surface area (Å²) in [6.07, 6.45) is 7.49. The van der Waals surface area contributed by atoms with Crippen LogP contribution in [-0.4, -0.2) is 39.3 Å². The number of nitrogens with one attached hydrogen (secondary N) is 1. The highest BCUT2D eigenvalue weighted by molar-refractivity contribution is 5.29. The number of H-pyrrole nitrogens is 1. The molecule has 2 aromatic rings. The number of pyridine rings is 1. The average molecular weight is 272 g/mol. The fraction of sp³-hybridized carbons (Fsp3) is 0.500. The second-order valence-corrected chi connectivity index (χ2v) is 5.27. The first kappa shape index (κ1) is 13.1. The molecule has 106 valence electrons. The van der Waals surface area contributed by atoms with Crippen LogP contribution < -0.4 is 10.6 Å². The molecule has 3 N–H and O–H groups in total. The van der Waals surface area contributed by atoms with Gasteiger partial charge < -0.3 is 10.6 Å². The third-order valence-corrected chi connectivity index (χ3v) is 3.72. The molecule has 0 bridgehead atoms. The molecule has 0 aliphatic carbocycles. The molecule has 0 aromatic carbocycles. The Balaban J connectivity index is 1.57. The van der Waals surface area contributed by atoms with E-state index in [1.54, 1.807) is 6.20 Å². The first-order chi connectivity index (χ1) is 9.81. The second kappa shape index (κ2) is 6.00. The third kappa shape index (κ3) is 3.14. The Hall–Kier alpha value is -1.95. The molecular formula is C14H20N6. The van der Waals surface area contributed by atoms with E-state index < -0.39 is 0 Å². The lowest BCUT2D eigenvalue weighted by atomic mass is 10.1. The predicted molar refractivity (Wildman–Crippen MR) is 77.5 cm³/mol. The van der Waals surface area contributed by atoms with Crippen molar-refractivity contribution in [3.8, 4) is 0 Å². The molecule has 0 spiro atoms. The first-order valence-electron chi connectivity index (χ1n) is 7.12. The van der Waals surface area contributed by atoms with Gasteiger partial charge in [0.05, 0.1) is 0 Å². The highest BCUT2D eigenvalue weighted by atomic mass is 15.4. The minimum atomic E-state index is 0.329. The minimum Gasteiger partial charge on any atom is -0.339 e. The van der Waals surface area contributed by atoms with Gasteiger partial charge in [0.25, 0.3) is 0 Å².